The molecule has 1 aromatic carbocycles. The van der Waals surface area contributed by atoms with E-state index in [0.29, 0.717) is 11.6 Å². The fourth-order valence-corrected chi connectivity index (χ4v) is 3.24. The molecule has 0 aliphatic carbocycles. The molecule has 0 saturated carbocycles. The zero-order valence-corrected chi connectivity index (χ0v) is 15.2. The second-order valence-electron chi connectivity index (χ2n) is 6.35. The van der Waals surface area contributed by atoms with Gasteiger partial charge in [0.05, 0.1) is 0 Å². The Labute approximate surface area is 153 Å². The molecule has 3 rings (SSSR count). The largest absolute Gasteiger partial charge is 0.491 e. The van der Waals surface area contributed by atoms with Gasteiger partial charge in [-0.1, -0.05) is 17.7 Å². The molecular formula is C19H24ClN3O2. The predicted octanol–water partition coefficient (Wildman–Crippen LogP) is 2.61. The van der Waals surface area contributed by atoms with Crippen LogP contribution in [-0.2, 0) is 0 Å². The summed E-state index contributed by atoms with van der Waals surface area (Å²) in [5.41, 5.74) is 0.976. The number of aryl methyl sites for hydroxylation is 1. The van der Waals surface area contributed by atoms with E-state index in [4.69, 9.17) is 16.3 Å². The van der Waals surface area contributed by atoms with E-state index in [0.717, 1.165) is 43.3 Å². The van der Waals surface area contributed by atoms with E-state index in [1.54, 1.807) is 6.07 Å². The van der Waals surface area contributed by atoms with Crippen LogP contribution < -0.4 is 9.64 Å². The van der Waals surface area contributed by atoms with Gasteiger partial charge in [-0.3, -0.25) is 4.90 Å². The average molecular weight is 362 g/mol. The van der Waals surface area contributed by atoms with Crippen molar-refractivity contribution in [2.75, 3.05) is 44.2 Å². The summed E-state index contributed by atoms with van der Waals surface area (Å²) in [5, 5.41) is 11.0. The fraction of sp³-hybridized carbons (Fsp3) is 0.421. The maximum Gasteiger partial charge on any atom is 0.128 e. The highest BCUT2D eigenvalue weighted by Gasteiger charge is 2.20. The zero-order valence-electron chi connectivity index (χ0n) is 14.4. The molecule has 1 saturated heterocycles. The minimum Gasteiger partial charge on any atom is -0.491 e. The van der Waals surface area contributed by atoms with Gasteiger partial charge in [-0.05, 0) is 42.8 Å². The van der Waals surface area contributed by atoms with Crippen LogP contribution in [0.3, 0.4) is 0 Å². The highest BCUT2D eigenvalue weighted by atomic mass is 35.5. The van der Waals surface area contributed by atoms with Gasteiger partial charge in [-0.25, -0.2) is 4.98 Å². The summed E-state index contributed by atoms with van der Waals surface area (Å²) >= 11 is 5.94. The Balaban J connectivity index is 1.42. The first-order chi connectivity index (χ1) is 12.1. The third-order valence-electron chi connectivity index (χ3n) is 4.38. The molecule has 1 aliphatic rings. The van der Waals surface area contributed by atoms with E-state index in [-0.39, 0.29) is 6.61 Å². The Morgan fingerprint density at radius 2 is 2.00 bits per heavy atom. The lowest BCUT2D eigenvalue weighted by molar-refractivity contribution is 0.0660. The summed E-state index contributed by atoms with van der Waals surface area (Å²) in [6, 6.07) is 11.5. The molecule has 134 valence electrons. The monoisotopic (exact) mass is 361 g/mol. The van der Waals surface area contributed by atoms with Gasteiger partial charge in [0.2, 0.25) is 0 Å². The van der Waals surface area contributed by atoms with Gasteiger partial charge in [-0.15, -0.1) is 0 Å². The molecule has 0 spiro atoms. The van der Waals surface area contributed by atoms with Crippen molar-refractivity contribution < 1.29 is 9.84 Å². The van der Waals surface area contributed by atoms with Crippen molar-refractivity contribution in [2.24, 2.45) is 0 Å². The summed E-state index contributed by atoms with van der Waals surface area (Å²) in [5.74, 6) is 1.78. The maximum absolute atomic E-state index is 10.3. The lowest BCUT2D eigenvalue weighted by Gasteiger charge is -2.36. The number of anilines is 1. The standard InChI is InChI=1S/C19H24ClN3O2/c1-15-12-16(20)5-6-18(15)25-14-17(24)13-22-8-10-23(11-9-22)19-4-2-3-7-21-19/h2-7,12,17,24H,8-11,13-14H2,1H3. The molecule has 1 N–H and O–H groups in total. The van der Waals surface area contributed by atoms with Crippen LogP contribution >= 0.6 is 11.6 Å². The summed E-state index contributed by atoms with van der Waals surface area (Å²) in [4.78, 5) is 8.93. The molecule has 1 aromatic heterocycles. The van der Waals surface area contributed by atoms with Crippen LogP contribution in [0.4, 0.5) is 5.82 Å². The molecule has 5 nitrogen and oxygen atoms in total. The first-order valence-corrected chi connectivity index (χ1v) is 8.95. The quantitative estimate of drug-likeness (QED) is 0.857. The van der Waals surface area contributed by atoms with E-state index in [1.165, 1.54) is 0 Å². The maximum atomic E-state index is 10.3. The van der Waals surface area contributed by atoms with Crippen LogP contribution in [0.5, 0.6) is 5.75 Å². The van der Waals surface area contributed by atoms with E-state index in [1.807, 2.05) is 43.5 Å². The Hall–Kier alpha value is -1.82. The number of nitrogens with zero attached hydrogens (tertiary/aromatic N) is 3. The summed E-state index contributed by atoms with van der Waals surface area (Å²) in [6.45, 7) is 6.50. The number of hydrogen-bond acceptors (Lipinski definition) is 5. The highest BCUT2D eigenvalue weighted by molar-refractivity contribution is 6.30. The Morgan fingerprint density at radius 3 is 2.68 bits per heavy atom. The molecule has 0 bridgehead atoms. The first kappa shape index (κ1) is 18.0. The molecule has 1 aliphatic heterocycles. The molecular weight excluding hydrogens is 338 g/mol. The summed E-state index contributed by atoms with van der Waals surface area (Å²) in [6.07, 6.45) is 1.30. The molecule has 1 atom stereocenters. The lowest BCUT2D eigenvalue weighted by atomic mass is 10.2. The number of piperazine rings is 1. The van der Waals surface area contributed by atoms with Crippen molar-refractivity contribution in [2.45, 2.75) is 13.0 Å². The number of aliphatic hydroxyl groups is 1. The van der Waals surface area contributed by atoms with Crippen molar-refractivity contribution in [3.05, 3.63) is 53.2 Å². The van der Waals surface area contributed by atoms with Crippen molar-refractivity contribution in [1.82, 2.24) is 9.88 Å². The molecule has 25 heavy (non-hydrogen) atoms. The average Bonchev–Trinajstić information content (AvgIpc) is 2.62. The molecule has 1 fully saturated rings. The second kappa shape index (κ2) is 8.52. The van der Waals surface area contributed by atoms with Crippen molar-refractivity contribution in [3.63, 3.8) is 0 Å². The number of aromatic nitrogens is 1. The molecule has 2 heterocycles. The van der Waals surface area contributed by atoms with Gasteiger partial charge < -0.3 is 14.7 Å². The Kier molecular flexibility index (Phi) is 6.13. The predicted molar refractivity (Wildman–Crippen MR) is 101 cm³/mol. The number of benzene rings is 1. The van der Waals surface area contributed by atoms with Crippen LogP contribution in [0.15, 0.2) is 42.6 Å². The fourth-order valence-electron chi connectivity index (χ4n) is 3.01. The topological polar surface area (TPSA) is 48.8 Å². The van der Waals surface area contributed by atoms with Crippen LogP contribution in [-0.4, -0.2) is 60.4 Å². The van der Waals surface area contributed by atoms with Gasteiger partial charge in [0.25, 0.3) is 0 Å². The van der Waals surface area contributed by atoms with Crippen molar-refractivity contribution >= 4 is 17.4 Å². The van der Waals surface area contributed by atoms with Crippen LogP contribution in [0.1, 0.15) is 5.56 Å². The van der Waals surface area contributed by atoms with Gasteiger partial charge in [0.1, 0.15) is 24.3 Å². The molecule has 6 heteroatoms. The minimum atomic E-state index is -0.517. The van der Waals surface area contributed by atoms with Crippen LogP contribution in [0, 0.1) is 6.92 Å². The SMILES string of the molecule is Cc1cc(Cl)ccc1OCC(O)CN1CCN(c2ccccn2)CC1. The first-order valence-electron chi connectivity index (χ1n) is 8.57. The normalized spacial score (nSPS) is 16.7. The lowest BCUT2D eigenvalue weighted by Crippen LogP contribution is -2.49. The van der Waals surface area contributed by atoms with Gasteiger partial charge >= 0.3 is 0 Å². The summed E-state index contributed by atoms with van der Waals surface area (Å²) < 4.78 is 5.73. The van der Waals surface area contributed by atoms with Gasteiger partial charge in [0.15, 0.2) is 0 Å². The third-order valence-corrected chi connectivity index (χ3v) is 4.62. The van der Waals surface area contributed by atoms with Crippen LogP contribution in [0.25, 0.3) is 0 Å². The van der Waals surface area contributed by atoms with Crippen LogP contribution in [0.2, 0.25) is 5.02 Å². The van der Waals surface area contributed by atoms with E-state index in [9.17, 15) is 5.11 Å². The Morgan fingerprint density at radius 1 is 1.20 bits per heavy atom. The smallest absolute Gasteiger partial charge is 0.128 e. The molecule has 2 aromatic rings. The number of aliphatic hydroxyl groups excluding tert-OH is 1. The van der Waals surface area contributed by atoms with Gasteiger partial charge in [0, 0.05) is 43.9 Å². The number of rotatable bonds is 6. The van der Waals surface area contributed by atoms with E-state index in [2.05, 4.69) is 14.8 Å². The molecule has 1 unspecified atom stereocenters. The zero-order chi connectivity index (χ0) is 17.6. The minimum absolute atomic E-state index is 0.281. The molecule has 0 amide bonds. The number of β-amino-alcohol motifs (C(OH)–C–C–N with tert-alkyl or cyclic N) is 1. The number of halogens is 1. The second-order valence-corrected chi connectivity index (χ2v) is 6.79. The van der Waals surface area contributed by atoms with E-state index < -0.39 is 6.10 Å². The van der Waals surface area contributed by atoms with E-state index >= 15 is 0 Å². The summed E-state index contributed by atoms with van der Waals surface area (Å²) in [7, 11) is 0. The molecule has 0 radical (unpaired) electrons. The van der Waals surface area contributed by atoms with Crippen molar-refractivity contribution in [3.8, 4) is 5.75 Å². The number of ether oxygens (including phenoxy) is 1. The Bertz CT molecular complexity index is 676. The number of pyridine rings is 1. The highest BCUT2D eigenvalue weighted by Crippen LogP contribution is 2.22. The van der Waals surface area contributed by atoms with Gasteiger partial charge in [-0.2, -0.15) is 0 Å². The third kappa shape index (κ3) is 5.08. The van der Waals surface area contributed by atoms with Crippen molar-refractivity contribution in [1.29, 1.82) is 0 Å². The number of hydrogen-bond donors (Lipinski definition) is 1.